The highest BCUT2D eigenvalue weighted by Crippen LogP contribution is 2.36. The fraction of sp³-hybridized carbons (Fsp3) is 0.200. The molecule has 1 aliphatic rings. The van der Waals surface area contributed by atoms with E-state index in [1.807, 2.05) is 16.8 Å². The number of nitrogens with one attached hydrogen (secondary N) is 1. The Hall–Kier alpha value is -1.01. The molecular weight excluding hydrogens is 361 g/mol. The van der Waals surface area contributed by atoms with E-state index in [1.54, 1.807) is 29.5 Å². The molecule has 2 aromatic rings. The Bertz CT molecular complexity index is 700. The van der Waals surface area contributed by atoms with E-state index in [4.69, 9.17) is 23.2 Å². The third-order valence-electron chi connectivity index (χ3n) is 3.34. The van der Waals surface area contributed by atoms with Gasteiger partial charge >= 0.3 is 0 Å². The van der Waals surface area contributed by atoms with Gasteiger partial charge < -0.3 is 5.32 Å². The standard InChI is InChI=1S/C15H11Cl2NO2S2/c16-9-1-2-10(17)13(5-9)22-14-12(19)6-11(18-15(14)20)8-3-4-21-7-8/h1-5,7,11,14H,6H2,(H,18,20). The molecule has 1 aliphatic heterocycles. The summed E-state index contributed by atoms with van der Waals surface area (Å²) >= 11 is 14.7. The van der Waals surface area contributed by atoms with Crippen LogP contribution in [0.1, 0.15) is 18.0 Å². The summed E-state index contributed by atoms with van der Waals surface area (Å²) in [4.78, 5) is 25.3. The number of thiophene rings is 1. The molecule has 1 aromatic heterocycles. The lowest BCUT2D eigenvalue weighted by Gasteiger charge is -2.27. The van der Waals surface area contributed by atoms with Crippen molar-refractivity contribution in [1.29, 1.82) is 0 Å². The number of benzene rings is 1. The predicted molar refractivity (Wildman–Crippen MR) is 90.9 cm³/mol. The summed E-state index contributed by atoms with van der Waals surface area (Å²) in [6.07, 6.45) is 0.290. The number of rotatable bonds is 3. The first kappa shape index (κ1) is 15.9. The molecule has 0 spiro atoms. The summed E-state index contributed by atoms with van der Waals surface area (Å²) in [7, 11) is 0. The maximum absolute atomic E-state index is 12.4. The van der Waals surface area contributed by atoms with Crippen molar-refractivity contribution in [3.63, 3.8) is 0 Å². The number of ketones is 1. The van der Waals surface area contributed by atoms with Crippen molar-refractivity contribution in [2.45, 2.75) is 22.6 Å². The maximum Gasteiger partial charge on any atom is 0.241 e. The Labute approximate surface area is 146 Å². The molecule has 114 valence electrons. The largest absolute Gasteiger partial charge is 0.347 e. The topological polar surface area (TPSA) is 46.2 Å². The first-order valence-electron chi connectivity index (χ1n) is 6.51. The van der Waals surface area contributed by atoms with E-state index in [-0.39, 0.29) is 17.7 Å². The summed E-state index contributed by atoms with van der Waals surface area (Å²) in [5.74, 6) is -0.380. The van der Waals surface area contributed by atoms with Crippen LogP contribution in [0.5, 0.6) is 0 Å². The number of carbonyl (C=O) groups excluding carboxylic acids is 2. The fourth-order valence-electron chi connectivity index (χ4n) is 2.24. The second-order valence-corrected chi connectivity index (χ2v) is 7.63. The molecule has 1 fully saturated rings. The van der Waals surface area contributed by atoms with Crippen LogP contribution >= 0.6 is 46.3 Å². The van der Waals surface area contributed by atoms with E-state index in [0.717, 1.165) is 17.3 Å². The van der Waals surface area contributed by atoms with E-state index < -0.39 is 5.25 Å². The average molecular weight is 372 g/mol. The van der Waals surface area contributed by atoms with Crippen molar-refractivity contribution < 1.29 is 9.59 Å². The number of piperidine rings is 1. The number of hydrogen-bond acceptors (Lipinski definition) is 4. The quantitative estimate of drug-likeness (QED) is 0.815. The van der Waals surface area contributed by atoms with Crippen LogP contribution in [0.3, 0.4) is 0 Å². The molecular formula is C15H11Cl2NO2S2. The van der Waals surface area contributed by atoms with Gasteiger partial charge in [-0.3, -0.25) is 9.59 Å². The highest BCUT2D eigenvalue weighted by atomic mass is 35.5. The summed E-state index contributed by atoms with van der Waals surface area (Å²) in [5, 5.41) is 6.99. The number of carbonyl (C=O) groups is 2. The van der Waals surface area contributed by atoms with Gasteiger partial charge in [0.15, 0.2) is 5.78 Å². The van der Waals surface area contributed by atoms with Gasteiger partial charge in [-0.1, -0.05) is 23.2 Å². The molecule has 22 heavy (non-hydrogen) atoms. The number of hydrogen-bond donors (Lipinski definition) is 1. The summed E-state index contributed by atoms with van der Waals surface area (Å²) < 4.78 is 0. The average Bonchev–Trinajstić information content (AvgIpc) is 3.00. The third-order valence-corrected chi connectivity index (χ3v) is 6.02. The van der Waals surface area contributed by atoms with Crippen LogP contribution in [0.15, 0.2) is 39.9 Å². The van der Waals surface area contributed by atoms with Crippen LogP contribution < -0.4 is 5.32 Å². The monoisotopic (exact) mass is 371 g/mol. The molecule has 2 atom stereocenters. The zero-order valence-corrected chi connectivity index (χ0v) is 14.4. The van der Waals surface area contributed by atoms with E-state index in [0.29, 0.717) is 21.4 Å². The Morgan fingerprint density at radius 1 is 1.23 bits per heavy atom. The second kappa shape index (κ2) is 6.62. The van der Waals surface area contributed by atoms with Crippen LogP contribution in [0.4, 0.5) is 0 Å². The van der Waals surface area contributed by atoms with Crippen molar-refractivity contribution >= 4 is 58.0 Å². The van der Waals surface area contributed by atoms with Crippen LogP contribution in [0.25, 0.3) is 0 Å². The van der Waals surface area contributed by atoms with Crippen molar-refractivity contribution in [3.8, 4) is 0 Å². The number of Topliss-reactive ketones (excluding diaryl/α,β-unsaturated/α-hetero) is 1. The number of amides is 1. The first-order valence-corrected chi connectivity index (χ1v) is 9.09. The molecule has 7 heteroatoms. The molecule has 0 bridgehead atoms. The van der Waals surface area contributed by atoms with Gasteiger partial charge in [0.25, 0.3) is 0 Å². The molecule has 2 unspecified atom stereocenters. The van der Waals surface area contributed by atoms with E-state index in [1.165, 1.54) is 0 Å². The molecule has 2 heterocycles. The Morgan fingerprint density at radius 2 is 2.05 bits per heavy atom. The Balaban J connectivity index is 1.77. The minimum Gasteiger partial charge on any atom is -0.347 e. The van der Waals surface area contributed by atoms with E-state index in [9.17, 15) is 9.59 Å². The highest BCUT2D eigenvalue weighted by Gasteiger charge is 2.36. The molecule has 3 rings (SSSR count). The normalized spacial score (nSPS) is 21.7. The molecule has 1 amide bonds. The van der Waals surface area contributed by atoms with Crippen LogP contribution in [-0.4, -0.2) is 16.9 Å². The zero-order valence-electron chi connectivity index (χ0n) is 11.2. The van der Waals surface area contributed by atoms with Crippen LogP contribution in [0, 0.1) is 0 Å². The van der Waals surface area contributed by atoms with E-state index >= 15 is 0 Å². The van der Waals surface area contributed by atoms with Gasteiger partial charge in [-0.25, -0.2) is 0 Å². The highest BCUT2D eigenvalue weighted by molar-refractivity contribution is 8.01. The van der Waals surface area contributed by atoms with Gasteiger partial charge in [0.2, 0.25) is 5.91 Å². The first-order chi connectivity index (χ1) is 10.5. The Kier molecular flexibility index (Phi) is 4.78. The molecule has 1 aromatic carbocycles. The van der Waals surface area contributed by atoms with Gasteiger partial charge in [0, 0.05) is 16.3 Å². The smallest absolute Gasteiger partial charge is 0.241 e. The lowest BCUT2D eigenvalue weighted by molar-refractivity contribution is -0.131. The van der Waals surface area contributed by atoms with Crippen molar-refractivity contribution in [3.05, 3.63) is 50.6 Å². The Morgan fingerprint density at radius 3 is 2.73 bits per heavy atom. The summed E-state index contributed by atoms with van der Waals surface area (Å²) in [6, 6.07) is 6.68. The second-order valence-electron chi connectivity index (χ2n) is 4.86. The van der Waals surface area contributed by atoms with Gasteiger partial charge in [-0.15, -0.1) is 11.8 Å². The lowest BCUT2D eigenvalue weighted by Crippen LogP contribution is -2.46. The lowest BCUT2D eigenvalue weighted by atomic mass is 9.98. The molecule has 1 saturated heterocycles. The molecule has 0 aliphatic carbocycles. The van der Waals surface area contributed by atoms with Crippen LogP contribution in [-0.2, 0) is 9.59 Å². The minimum absolute atomic E-state index is 0.0963. The minimum atomic E-state index is -0.786. The summed E-state index contributed by atoms with van der Waals surface area (Å²) in [6.45, 7) is 0. The SMILES string of the molecule is O=C1CC(c2ccsc2)NC(=O)C1Sc1cc(Cl)ccc1Cl. The maximum atomic E-state index is 12.4. The fourth-order valence-corrected chi connectivity index (χ4v) is 4.48. The van der Waals surface area contributed by atoms with Gasteiger partial charge in [-0.05, 0) is 40.6 Å². The van der Waals surface area contributed by atoms with Gasteiger partial charge in [0.1, 0.15) is 5.25 Å². The third kappa shape index (κ3) is 3.33. The number of thioether (sulfide) groups is 1. The summed E-state index contributed by atoms with van der Waals surface area (Å²) in [5.41, 5.74) is 0.968. The predicted octanol–water partition coefficient (Wildman–Crippen LogP) is 4.35. The molecule has 0 saturated carbocycles. The molecule has 3 nitrogen and oxygen atoms in total. The van der Waals surface area contributed by atoms with Crippen molar-refractivity contribution in [2.75, 3.05) is 0 Å². The molecule has 0 radical (unpaired) electrons. The van der Waals surface area contributed by atoms with Gasteiger partial charge in [0.05, 0.1) is 11.1 Å². The van der Waals surface area contributed by atoms with Crippen molar-refractivity contribution in [1.82, 2.24) is 5.32 Å². The van der Waals surface area contributed by atoms with Gasteiger partial charge in [-0.2, -0.15) is 11.3 Å². The zero-order chi connectivity index (χ0) is 15.7. The van der Waals surface area contributed by atoms with E-state index in [2.05, 4.69) is 5.32 Å². The number of halogens is 2. The van der Waals surface area contributed by atoms with Crippen LogP contribution in [0.2, 0.25) is 10.0 Å². The van der Waals surface area contributed by atoms with Crippen molar-refractivity contribution in [2.24, 2.45) is 0 Å². The molecule has 1 N–H and O–H groups in total.